The normalized spacial score (nSPS) is 54.6. The van der Waals surface area contributed by atoms with Gasteiger partial charge in [-0.1, -0.05) is 13.8 Å². The minimum absolute atomic E-state index is 0.117. The third-order valence-corrected chi connectivity index (χ3v) is 8.07. The molecule has 3 saturated carbocycles. The lowest BCUT2D eigenvalue weighted by molar-refractivity contribution is -0.0803. The summed E-state index contributed by atoms with van der Waals surface area (Å²) in [5, 5.41) is 20.7. The molecule has 3 heteroatoms. The van der Waals surface area contributed by atoms with Crippen molar-refractivity contribution < 1.29 is 14.6 Å². The fourth-order valence-electron chi connectivity index (χ4n) is 6.83. The van der Waals surface area contributed by atoms with E-state index in [0.717, 1.165) is 38.5 Å². The van der Waals surface area contributed by atoms with Gasteiger partial charge >= 0.3 is 0 Å². The van der Waals surface area contributed by atoms with Crippen LogP contribution in [0.5, 0.6) is 0 Å². The van der Waals surface area contributed by atoms with Gasteiger partial charge in [0.05, 0.1) is 11.9 Å². The Morgan fingerprint density at radius 3 is 2.64 bits per heavy atom. The maximum Gasteiger partial charge on any atom is 0.127 e. The van der Waals surface area contributed by atoms with Crippen molar-refractivity contribution >= 4 is 0 Å². The summed E-state index contributed by atoms with van der Waals surface area (Å²) in [6, 6.07) is 0. The van der Waals surface area contributed by atoms with Crippen molar-refractivity contribution in [3.8, 4) is 0 Å². The minimum Gasteiger partial charge on any atom is -0.512 e. The first-order valence-corrected chi connectivity index (χ1v) is 9.11. The summed E-state index contributed by atoms with van der Waals surface area (Å²) < 4.78 is 14.2. The Kier molecular flexibility index (Phi) is 3.21. The van der Waals surface area contributed by atoms with Crippen molar-refractivity contribution in [3.63, 3.8) is 0 Å². The van der Waals surface area contributed by atoms with Crippen LogP contribution in [0.3, 0.4) is 0 Å². The van der Waals surface area contributed by atoms with E-state index in [1.807, 2.05) is 0 Å². The molecule has 2 nitrogen and oxygen atoms in total. The molecule has 4 rings (SSSR count). The van der Waals surface area contributed by atoms with Crippen LogP contribution in [-0.2, 0) is 0 Å². The summed E-state index contributed by atoms with van der Waals surface area (Å²) in [5.74, 6) is 2.05. The van der Waals surface area contributed by atoms with Crippen LogP contribution in [-0.4, -0.2) is 22.5 Å². The predicted molar refractivity (Wildman–Crippen MR) is 84.2 cm³/mol. The number of allylic oxidation sites excluding steroid dienone is 2. The van der Waals surface area contributed by atoms with E-state index in [-0.39, 0.29) is 10.8 Å². The van der Waals surface area contributed by atoms with E-state index in [9.17, 15) is 14.6 Å². The Morgan fingerprint density at radius 1 is 1.09 bits per heavy atom. The van der Waals surface area contributed by atoms with Gasteiger partial charge in [-0.25, -0.2) is 4.39 Å². The second kappa shape index (κ2) is 4.72. The van der Waals surface area contributed by atoms with Gasteiger partial charge in [-0.05, 0) is 79.1 Å². The number of hydrogen-bond acceptors (Lipinski definition) is 2. The predicted octanol–water partition coefficient (Wildman–Crippen LogP) is 4.53. The molecule has 3 fully saturated rings. The number of aliphatic hydroxyl groups excluding tert-OH is 2. The molecule has 0 heterocycles. The first-order chi connectivity index (χ1) is 10.4. The molecule has 0 spiro atoms. The van der Waals surface area contributed by atoms with E-state index in [2.05, 4.69) is 13.8 Å². The van der Waals surface area contributed by atoms with Crippen molar-refractivity contribution in [3.05, 3.63) is 11.3 Å². The Labute approximate surface area is 132 Å². The van der Waals surface area contributed by atoms with Crippen molar-refractivity contribution in [2.75, 3.05) is 0 Å². The molecule has 0 unspecified atom stereocenters. The van der Waals surface area contributed by atoms with Crippen molar-refractivity contribution in [1.82, 2.24) is 0 Å². The molecule has 4 aliphatic carbocycles. The molecule has 0 aliphatic heterocycles. The molecule has 0 saturated heterocycles. The molecule has 2 N–H and O–H groups in total. The highest BCUT2D eigenvalue weighted by Gasteiger charge is 2.61. The highest BCUT2D eigenvalue weighted by molar-refractivity contribution is 5.26. The van der Waals surface area contributed by atoms with E-state index >= 15 is 0 Å². The standard InChI is InChI=1S/C19H29FO2/c1-18-8-3-4-16(21)13(18)6-5-11-12(18)7-9-19(2)14(11)10-15(20)17(19)22/h11-12,14-15,17,21-22H,3-10H2,1-2H3/t11-,12+,14+,15-,17+,18-,19+/m1/s1. The molecule has 0 aromatic carbocycles. The second-order valence-electron chi connectivity index (χ2n) is 8.85. The number of aliphatic hydroxyl groups is 2. The molecule has 0 aromatic rings. The lowest BCUT2D eigenvalue weighted by Gasteiger charge is -2.57. The van der Waals surface area contributed by atoms with Gasteiger partial charge in [-0.15, -0.1) is 0 Å². The van der Waals surface area contributed by atoms with Crippen molar-refractivity contribution in [1.29, 1.82) is 0 Å². The average molecular weight is 308 g/mol. The molecule has 124 valence electrons. The largest absolute Gasteiger partial charge is 0.512 e. The number of hydrogen-bond donors (Lipinski definition) is 2. The molecule has 7 atom stereocenters. The Hall–Kier alpha value is -0.570. The van der Waals surface area contributed by atoms with E-state index in [1.54, 1.807) is 0 Å². The first-order valence-electron chi connectivity index (χ1n) is 9.11. The van der Waals surface area contributed by atoms with Crippen LogP contribution in [0.2, 0.25) is 0 Å². The fraction of sp³-hybridized carbons (Fsp3) is 0.895. The summed E-state index contributed by atoms with van der Waals surface area (Å²) in [6.07, 6.45) is 5.86. The quantitative estimate of drug-likeness (QED) is 0.690. The van der Waals surface area contributed by atoms with Crippen LogP contribution in [0.1, 0.15) is 65.2 Å². The summed E-state index contributed by atoms with van der Waals surface area (Å²) in [4.78, 5) is 0. The van der Waals surface area contributed by atoms with Crippen molar-refractivity contribution in [2.45, 2.75) is 77.5 Å². The smallest absolute Gasteiger partial charge is 0.127 e. The van der Waals surface area contributed by atoms with Crippen LogP contribution in [0.4, 0.5) is 4.39 Å². The Morgan fingerprint density at radius 2 is 1.86 bits per heavy atom. The molecule has 22 heavy (non-hydrogen) atoms. The molecular formula is C19H29FO2. The van der Waals surface area contributed by atoms with Gasteiger partial charge in [0.1, 0.15) is 6.17 Å². The average Bonchev–Trinajstić information content (AvgIpc) is 2.71. The summed E-state index contributed by atoms with van der Waals surface area (Å²) in [6.45, 7) is 4.46. The number of fused-ring (bicyclic) bond motifs is 5. The van der Waals surface area contributed by atoms with E-state index in [4.69, 9.17) is 0 Å². The van der Waals surface area contributed by atoms with Crippen LogP contribution in [0.15, 0.2) is 11.3 Å². The topological polar surface area (TPSA) is 40.5 Å². The number of halogens is 1. The van der Waals surface area contributed by atoms with Crippen LogP contribution >= 0.6 is 0 Å². The summed E-state index contributed by atoms with van der Waals surface area (Å²) in [5.41, 5.74) is 1.19. The summed E-state index contributed by atoms with van der Waals surface area (Å²) in [7, 11) is 0. The van der Waals surface area contributed by atoms with Gasteiger partial charge in [-0.2, -0.15) is 0 Å². The fourth-order valence-corrected chi connectivity index (χ4v) is 6.83. The number of alkyl halides is 1. The minimum atomic E-state index is -1.04. The molecule has 4 aliphatic rings. The van der Waals surface area contributed by atoms with Crippen LogP contribution in [0, 0.1) is 28.6 Å². The van der Waals surface area contributed by atoms with Gasteiger partial charge in [0, 0.05) is 6.42 Å². The zero-order valence-corrected chi connectivity index (χ0v) is 13.8. The maximum atomic E-state index is 14.2. The monoisotopic (exact) mass is 308 g/mol. The maximum absolute atomic E-state index is 14.2. The zero-order valence-electron chi connectivity index (χ0n) is 13.8. The molecule has 0 amide bonds. The molecule has 0 radical (unpaired) electrons. The first kappa shape index (κ1) is 15.0. The van der Waals surface area contributed by atoms with Crippen molar-refractivity contribution in [2.24, 2.45) is 28.6 Å². The SMILES string of the molecule is C[C@]12CC[C@H]3[C@@H](CCC4=C(O)CCC[C@@]43C)[C@@H]1C[C@@H](F)[C@@H]2O. The highest BCUT2D eigenvalue weighted by Crippen LogP contribution is 2.66. The Bertz CT molecular complexity index is 516. The van der Waals surface area contributed by atoms with Gasteiger partial charge < -0.3 is 10.2 Å². The zero-order chi connectivity index (χ0) is 15.7. The van der Waals surface area contributed by atoms with E-state index in [0.29, 0.717) is 29.9 Å². The highest BCUT2D eigenvalue weighted by atomic mass is 19.1. The van der Waals surface area contributed by atoms with Crippen LogP contribution < -0.4 is 0 Å². The Balaban J connectivity index is 1.70. The lowest BCUT2D eigenvalue weighted by Crippen LogP contribution is -2.51. The molecule has 0 bridgehead atoms. The van der Waals surface area contributed by atoms with Gasteiger partial charge in [0.2, 0.25) is 0 Å². The van der Waals surface area contributed by atoms with Gasteiger partial charge in [0.15, 0.2) is 0 Å². The second-order valence-corrected chi connectivity index (χ2v) is 8.85. The van der Waals surface area contributed by atoms with Gasteiger partial charge in [-0.3, -0.25) is 0 Å². The van der Waals surface area contributed by atoms with E-state index < -0.39 is 12.3 Å². The summed E-state index contributed by atoms with van der Waals surface area (Å²) >= 11 is 0. The molecule has 0 aromatic heterocycles. The van der Waals surface area contributed by atoms with Gasteiger partial charge in [0.25, 0.3) is 0 Å². The number of rotatable bonds is 0. The lowest BCUT2D eigenvalue weighted by atomic mass is 9.47. The van der Waals surface area contributed by atoms with E-state index in [1.165, 1.54) is 12.0 Å². The van der Waals surface area contributed by atoms with Crippen LogP contribution in [0.25, 0.3) is 0 Å². The third kappa shape index (κ3) is 1.75. The third-order valence-electron chi connectivity index (χ3n) is 8.07. The molecular weight excluding hydrogens is 279 g/mol.